The maximum Gasteiger partial charge on any atom is 1.00 e. The molecule has 6 nitrogen and oxygen atoms in total. The van der Waals surface area contributed by atoms with Crippen molar-refractivity contribution < 1.29 is 59.9 Å². The van der Waals surface area contributed by atoms with Gasteiger partial charge >= 0.3 is 47.5 Å². The number of ether oxygens (including phenoxy) is 2. The monoisotopic (exact) mass is 324 g/mol. The molecule has 1 atom stereocenters. The average Bonchev–Trinajstić information content (AvgIpc) is 2.40. The van der Waals surface area contributed by atoms with Gasteiger partial charge in [-0.2, -0.15) is 0 Å². The topological polar surface area (TPSA) is 89.9 Å². The summed E-state index contributed by atoms with van der Waals surface area (Å²) in [5, 5.41) is 8.37. The second-order valence-electron chi connectivity index (χ2n) is 4.90. The Kier molecular flexibility index (Phi) is 14.7. The summed E-state index contributed by atoms with van der Waals surface area (Å²) in [7, 11) is 0. The Morgan fingerprint density at radius 3 is 2.41 bits per heavy atom. The molecule has 7 heteroatoms. The first kappa shape index (κ1) is 23.4. The SMILES string of the molecule is C=C(CC(=O)OC(C)CCCCCC)C(=O)OCC(=O)O.[H-].[Na+]. The molecule has 0 aromatic heterocycles. The van der Waals surface area contributed by atoms with Crippen LogP contribution < -0.4 is 29.6 Å². The standard InChI is InChI=1S/C15H24O6.Na.H/c1-4-5-6-7-8-12(3)21-14(18)9-11(2)15(19)20-10-13(16)17;;/h12H,2,4-10H2,1,3H3,(H,16,17);;/q;+1;-1. The number of hydrogen-bond donors (Lipinski definition) is 1. The van der Waals surface area contributed by atoms with E-state index in [9.17, 15) is 14.4 Å². The van der Waals surface area contributed by atoms with Crippen LogP contribution in [-0.4, -0.2) is 35.7 Å². The number of aliphatic carboxylic acids is 1. The van der Waals surface area contributed by atoms with E-state index in [-0.39, 0.29) is 49.1 Å². The van der Waals surface area contributed by atoms with E-state index >= 15 is 0 Å². The third-order valence-corrected chi connectivity index (χ3v) is 2.77. The van der Waals surface area contributed by atoms with Crippen LogP contribution in [0.4, 0.5) is 0 Å². The average molecular weight is 324 g/mol. The number of hydrogen-bond acceptors (Lipinski definition) is 5. The van der Waals surface area contributed by atoms with Gasteiger partial charge < -0.3 is 16.0 Å². The molecule has 0 saturated carbocycles. The summed E-state index contributed by atoms with van der Waals surface area (Å²) in [6, 6.07) is 0. The molecule has 0 aliphatic heterocycles. The van der Waals surface area contributed by atoms with E-state index in [4.69, 9.17) is 9.84 Å². The van der Waals surface area contributed by atoms with E-state index < -0.39 is 24.5 Å². The normalized spacial score (nSPS) is 11.0. The Hall–Kier alpha value is -0.850. The van der Waals surface area contributed by atoms with Crippen LogP contribution in [0.25, 0.3) is 0 Å². The number of carbonyl (C=O) groups excluding carboxylic acids is 2. The van der Waals surface area contributed by atoms with Crippen molar-refractivity contribution in [3.8, 4) is 0 Å². The van der Waals surface area contributed by atoms with Crippen LogP contribution in [0.1, 0.15) is 53.8 Å². The Balaban J connectivity index is -0.00000200. The van der Waals surface area contributed by atoms with Crippen molar-refractivity contribution >= 4 is 17.9 Å². The number of carboxylic acid groups (broad SMARTS) is 1. The minimum absolute atomic E-state index is 0. The molecule has 0 saturated heterocycles. The molecule has 1 N–H and O–H groups in total. The molecular formula is C15H25NaO6. The molecule has 0 spiro atoms. The fraction of sp³-hybridized carbons (Fsp3) is 0.667. The van der Waals surface area contributed by atoms with Gasteiger partial charge in [0.05, 0.1) is 12.5 Å². The molecule has 0 amide bonds. The maximum absolute atomic E-state index is 11.6. The third kappa shape index (κ3) is 12.9. The first-order valence-corrected chi connectivity index (χ1v) is 7.13. The minimum atomic E-state index is -1.26. The third-order valence-electron chi connectivity index (χ3n) is 2.77. The zero-order chi connectivity index (χ0) is 16.3. The first-order valence-electron chi connectivity index (χ1n) is 7.13. The van der Waals surface area contributed by atoms with E-state index in [1.54, 1.807) is 6.92 Å². The smallest absolute Gasteiger partial charge is 1.00 e. The van der Waals surface area contributed by atoms with Crippen LogP contribution in [0.15, 0.2) is 12.2 Å². The summed E-state index contributed by atoms with van der Waals surface area (Å²) < 4.78 is 9.57. The van der Waals surface area contributed by atoms with Crippen LogP contribution >= 0.6 is 0 Å². The molecule has 0 heterocycles. The van der Waals surface area contributed by atoms with E-state index in [1.807, 2.05) is 0 Å². The molecule has 0 fully saturated rings. The van der Waals surface area contributed by atoms with Crippen molar-refractivity contribution in [2.24, 2.45) is 0 Å². The summed E-state index contributed by atoms with van der Waals surface area (Å²) in [6.45, 7) is 6.57. The van der Waals surface area contributed by atoms with Gasteiger partial charge in [-0.15, -0.1) is 0 Å². The number of carboxylic acids is 1. The van der Waals surface area contributed by atoms with Gasteiger partial charge in [0.25, 0.3) is 0 Å². The van der Waals surface area contributed by atoms with Gasteiger partial charge in [-0.3, -0.25) is 4.79 Å². The predicted octanol–water partition coefficient (Wildman–Crippen LogP) is -0.421. The summed E-state index contributed by atoms with van der Waals surface area (Å²) >= 11 is 0. The first-order chi connectivity index (χ1) is 9.86. The molecule has 0 rings (SSSR count). The van der Waals surface area contributed by atoms with Crippen molar-refractivity contribution in [3.63, 3.8) is 0 Å². The number of carbonyl (C=O) groups is 3. The van der Waals surface area contributed by atoms with Gasteiger partial charge in [0, 0.05) is 5.57 Å². The quantitative estimate of drug-likeness (QED) is 0.240. The van der Waals surface area contributed by atoms with E-state index in [0.29, 0.717) is 0 Å². The Morgan fingerprint density at radius 1 is 1.23 bits per heavy atom. The molecule has 122 valence electrons. The Morgan fingerprint density at radius 2 is 1.86 bits per heavy atom. The molecule has 0 aromatic carbocycles. The predicted molar refractivity (Wildman–Crippen MR) is 77.8 cm³/mol. The molecule has 0 aromatic rings. The molecule has 0 aliphatic carbocycles. The van der Waals surface area contributed by atoms with Crippen molar-refractivity contribution in [2.45, 2.75) is 58.5 Å². The second-order valence-corrected chi connectivity index (χ2v) is 4.90. The van der Waals surface area contributed by atoms with Gasteiger partial charge in [-0.05, 0) is 19.8 Å². The fourth-order valence-corrected chi connectivity index (χ4v) is 1.66. The summed E-state index contributed by atoms with van der Waals surface area (Å²) in [5.74, 6) is -2.72. The Labute approximate surface area is 155 Å². The zero-order valence-electron chi connectivity index (χ0n) is 14.7. The molecular weight excluding hydrogens is 299 g/mol. The van der Waals surface area contributed by atoms with Crippen molar-refractivity contribution in [1.29, 1.82) is 0 Å². The van der Waals surface area contributed by atoms with E-state index in [1.165, 1.54) is 0 Å². The van der Waals surface area contributed by atoms with E-state index in [2.05, 4.69) is 18.2 Å². The summed E-state index contributed by atoms with van der Waals surface area (Å²) in [6.07, 6.45) is 4.67. The summed E-state index contributed by atoms with van der Waals surface area (Å²) in [4.78, 5) is 33.2. The van der Waals surface area contributed by atoms with Crippen LogP contribution in [0.2, 0.25) is 0 Å². The van der Waals surface area contributed by atoms with Crippen LogP contribution in [0, 0.1) is 0 Å². The summed E-state index contributed by atoms with van der Waals surface area (Å²) in [5.41, 5.74) is -0.112. The molecule has 0 radical (unpaired) electrons. The molecule has 0 bridgehead atoms. The van der Waals surface area contributed by atoms with Gasteiger partial charge in [0.1, 0.15) is 0 Å². The van der Waals surface area contributed by atoms with Crippen molar-refractivity contribution in [3.05, 3.63) is 12.2 Å². The van der Waals surface area contributed by atoms with Crippen LogP contribution in [-0.2, 0) is 23.9 Å². The van der Waals surface area contributed by atoms with Gasteiger partial charge in [-0.1, -0.05) is 32.8 Å². The number of esters is 2. The largest absolute Gasteiger partial charge is 1.00 e. The van der Waals surface area contributed by atoms with Crippen LogP contribution in [0.5, 0.6) is 0 Å². The van der Waals surface area contributed by atoms with Crippen molar-refractivity contribution in [1.82, 2.24) is 0 Å². The zero-order valence-corrected chi connectivity index (χ0v) is 15.7. The van der Waals surface area contributed by atoms with Crippen molar-refractivity contribution in [2.75, 3.05) is 6.61 Å². The van der Waals surface area contributed by atoms with E-state index in [0.717, 1.165) is 32.1 Å². The number of unbranched alkanes of at least 4 members (excludes halogenated alkanes) is 3. The minimum Gasteiger partial charge on any atom is -1.00 e. The van der Waals surface area contributed by atoms with Gasteiger partial charge in [-0.25, -0.2) is 9.59 Å². The van der Waals surface area contributed by atoms with Gasteiger partial charge in [0.15, 0.2) is 6.61 Å². The number of rotatable bonds is 11. The van der Waals surface area contributed by atoms with Crippen LogP contribution in [0.3, 0.4) is 0 Å². The second kappa shape index (κ2) is 13.8. The molecule has 22 heavy (non-hydrogen) atoms. The molecule has 0 aliphatic rings. The maximum atomic E-state index is 11.6. The van der Waals surface area contributed by atoms with Gasteiger partial charge in [0.2, 0.25) is 0 Å². The molecule has 1 unspecified atom stereocenters. The Bertz CT molecular complexity index is 386. The fourth-order valence-electron chi connectivity index (χ4n) is 1.66.